The Morgan fingerprint density at radius 1 is 0.527 bits per heavy atom. The van der Waals surface area contributed by atoms with Crippen LogP contribution in [0.2, 0.25) is 0 Å². The number of imide groups is 1. The SMILES string of the molecule is CC(C)c1cccc(C(C)C)c1N1C(=O)c2ccc3c4cccc5c(/C=C6\C=CN(Cc7ccccc7)c7ccccc76)ccc(c6ccc(c2c36)C1=O)c54. The third-order valence-corrected chi connectivity index (χ3v) is 11.7. The van der Waals surface area contributed by atoms with E-state index in [-0.39, 0.29) is 23.7 Å². The van der Waals surface area contributed by atoms with Crippen LogP contribution in [0, 0.1) is 0 Å². The van der Waals surface area contributed by atoms with Crippen LogP contribution in [0.15, 0.2) is 140 Å². The Kier molecular flexibility index (Phi) is 7.54. The summed E-state index contributed by atoms with van der Waals surface area (Å²) in [5, 5.41) is 8.44. The largest absolute Gasteiger partial charge is 0.343 e. The van der Waals surface area contributed by atoms with Gasteiger partial charge >= 0.3 is 0 Å². The molecule has 0 saturated heterocycles. The van der Waals surface area contributed by atoms with Gasteiger partial charge in [0.2, 0.25) is 0 Å². The van der Waals surface area contributed by atoms with Crippen molar-refractivity contribution in [1.29, 1.82) is 0 Å². The zero-order valence-corrected chi connectivity index (χ0v) is 31.4. The van der Waals surface area contributed by atoms with E-state index >= 15 is 0 Å². The van der Waals surface area contributed by atoms with Gasteiger partial charge in [0, 0.05) is 40.5 Å². The molecule has 8 aromatic carbocycles. The van der Waals surface area contributed by atoms with Gasteiger partial charge in [-0.15, -0.1) is 0 Å². The summed E-state index contributed by atoms with van der Waals surface area (Å²) in [5.41, 5.74) is 9.85. The van der Waals surface area contributed by atoms with Gasteiger partial charge in [-0.25, -0.2) is 4.90 Å². The van der Waals surface area contributed by atoms with Crippen molar-refractivity contribution in [3.8, 4) is 0 Å². The molecule has 2 amide bonds. The summed E-state index contributed by atoms with van der Waals surface area (Å²) >= 11 is 0. The standard InChI is InChI=1S/C51H40N2O2/c1-30(2)35-15-10-16-36(31(3)4)49(35)53-50(54)43-24-22-41-39-18-11-17-38-33(20-21-40(46(38)39)42-23-25-44(51(53)55)48(43)47(41)42)28-34-26-27-52(29-32-12-6-5-7-13-32)45-19-9-8-14-37(34)45/h5-28,30-31H,29H2,1-4H3/b34-28+. The smallest absolute Gasteiger partial charge is 0.266 e. The van der Waals surface area contributed by atoms with Gasteiger partial charge in [0.1, 0.15) is 0 Å². The number of anilines is 2. The Morgan fingerprint density at radius 2 is 1.11 bits per heavy atom. The summed E-state index contributed by atoms with van der Waals surface area (Å²) in [6.45, 7) is 9.27. The third-order valence-electron chi connectivity index (χ3n) is 11.7. The van der Waals surface area contributed by atoms with Crippen LogP contribution < -0.4 is 9.80 Å². The summed E-state index contributed by atoms with van der Waals surface area (Å²) in [4.78, 5) is 33.1. The van der Waals surface area contributed by atoms with Crippen LogP contribution in [0.3, 0.4) is 0 Å². The molecule has 0 N–H and O–H groups in total. The molecular weight excluding hydrogens is 673 g/mol. The molecule has 8 aromatic rings. The maximum atomic E-state index is 14.7. The minimum absolute atomic E-state index is 0.141. The van der Waals surface area contributed by atoms with E-state index in [1.165, 1.54) is 32.5 Å². The van der Waals surface area contributed by atoms with Gasteiger partial charge in [0.25, 0.3) is 11.8 Å². The Morgan fingerprint density at radius 3 is 1.80 bits per heavy atom. The molecule has 10 rings (SSSR count). The van der Waals surface area contributed by atoms with Crippen LogP contribution >= 0.6 is 0 Å². The van der Waals surface area contributed by atoms with Crippen LogP contribution in [-0.2, 0) is 6.54 Å². The number of carbonyl (C=O) groups excluding carboxylic acids is 2. The summed E-state index contributed by atoms with van der Waals surface area (Å²) in [7, 11) is 0. The third kappa shape index (κ3) is 4.98. The molecule has 0 spiro atoms. The van der Waals surface area contributed by atoms with Gasteiger partial charge in [-0.05, 0) is 108 Å². The Labute approximate surface area is 321 Å². The molecule has 0 atom stereocenters. The van der Waals surface area contributed by atoms with Crippen LogP contribution in [0.4, 0.5) is 11.4 Å². The number of hydrogen-bond donors (Lipinski definition) is 0. The minimum Gasteiger partial charge on any atom is -0.343 e. The fourth-order valence-electron chi connectivity index (χ4n) is 9.13. The second kappa shape index (κ2) is 12.5. The molecule has 55 heavy (non-hydrogen) atoms. The van der Waals surface area contributed by atoms with E-state index in [0.717, 1.165) is 66.8 Å². The summed E-state index contributed by atoms with van der Waals surface area (Å²) < 4.78 is 0. The molecule has 0 aromatic heterocycles. The van der Waals surface area contributed by atoms with Crippen molar-refractivity contribution in [1.82, 2.24) is 0 Å². The van der Waals surface area contributed by atoms with Crippen molar-refractivity contribution in [2.24, 2.45) is 0 Å². The highest BCUT2D eigenvalue weighted by molar-refractivity contribution is 6.42. The normalized spacial score (nSPS) is 14.9. The van der Waals surface area contributed by atoms with Gasteiger partial charge < -0.3 is 4.90 Å². The lowest BCUT2D eigenvalue weighted by molar-refractivity contribution is 0.0893. The summed E-state index contributed by atoms with van der Waals surface area (Å²) in [6.07, 6.45) is 6.72. The van der Waals surface area contributed by atoms with Crippen LogP contribution in [-0.4, -0.2) is 11.8 Å². The van der Waals surface area contributed by atoms with E-state index < -0.39 is 0 Å². The second-order valence-electron chi connectivity index (χ2n) is 15.6. The first-order valence-electron chi connectivity index (χ1n) is 19.3. The molecular formula is C51H40N2O2. The maximum Gasteiger partial charge on any atom is 0.266 e. The van der Waals surface area contributed by atoms with Crippen molar-refractivity contribution in [3.63, 3.8) is 0 Å². The Hall–Kier alpha value is -6.52. The molecule has 0 bridgehead atoms. The number of amides is 2. The van der Waals surface area contributed by atoms with Gasteiger partial charge in [0.05, 0.1) is 5.69 Å². The van der Waals surface area contributed by atoms with Crippen molar-refractivity contribution in [2.45, 2.75) is 46.1 Å². The molecule has 0 unspecified atom stereocenters. The zero-order valence-electron chi connectivity index (χ0n) is 31.4. The molecule has 0 fully saturated rings. The molecule has 0 aliphatic carbocycles. The quantitative estimate of drug-likeness (QED) is 0.0979. The molecule has 0 radical (unpaired) electrons. The van der Waals surface area contributed by atoms with E-state index in [9.17, 15) is 9.59 Å². The van der Waals surface area contributed by atoms with E-state index in [4.69, 9.17) is 0 Å². The molecule has 266 valence electrons. The first-order valence-corrected chi connectivity index (χ1v) is 19.3. The molecule has 4 heteroatoms. The highest BCUT2D eigenvalue weighted by atomic mass is 16.2. The van der Waals surface area contributed by atoms with E-state index in [1.54, 1.807) is 0 Å². The van der Waals surface area contributed by atoms with Crippen molar-refractivity contribution < 1.29 is 9.59 Å². The highest BCUT2D eigenvalue weighted by Crippen LogP contribution is 2.47. The number of para-hydroxylation sites is 2. The molecule has 2 heterocycles. The molecule has 0 saturated carbocycles. The second-order valence-corrected chi connectivity index (χ2v) is 15.6. The minimum atomic E-state index is -0.259. The predicted octanol–water partition coefficient (Wildman–Crippen LogP) is 12.9. The number of fused-ring (bicyclic) bond motifs is 3. The number of nitrogens with zero attached hydrogens (tertiary/aromatic N) is 2. The van der Waals surface area contributed by atoms with E-state index in [0.29, 0.717) is 11.1 Å². The molecule has 2 aliphatic rings. The number of rotatable bonds is 6. The summed E-state index contributed by atoms with van der Waals surface area (Å²) in [5.74, 6) is -0.237. The van der Waals surface area contributed by atoms with Gasteiger partial charge in [0.15, 0.2) is 0 Å². The fraction of sp³-hybridized carbons (Fsp3) is 0.137. The number of hydrogen-bond acceptors (Lipinski definition) is 3. The van der Waals surface area contributed by atoms with E-state index in [2.05, 4.69) is 148 Å². The summed E-state index contributed by atoms with van der Waals surface area (Å²) in [6, 6.07) is 44.4. The lowest BCUT2D eigenvalue weighted by Crippen LogP contribution is -2.41. The fourth-order valence-corrected chi connectivity index (χ4v) is 9.13. The van der Waals surface area contributed by atoms with Gasteiger partial charge in [-0.2, -0.15) is 0 Å². The van der Waals surface area contributed by atoms with Crippen LogP contribution in [0.25, 0.3) is 54.7 Å². The first kappa shape index (κ1) is 33.1. The lowest BCUT2D eigenvalue weighted by Gasteiger charge is -2.32. The van der Waals surface area contributed by atoms with Crippen LogP contribution in [0.5, 0.6) is 0 Å². The number of carbonyl (C=O) groups is 2. The molecule has 4 nitrogen and oxygen atoms in total. The number of benzene rings is 8. The average molecular weight is 713 g/mol. The zero-order chi connectivity index (χ0) is 37.5. The van der Waals surface area contributed by atoms with Crippen LogP contribution in [0.1, 0.15) is 88.1 Å². The Bertz CT molecular complexity index is 2850. The van der Waals surface area contributed by atoms with Gasteiger partial charge in [-0.1, -0.05) is 137 Å². The highest BCUT2D eigenvalue weighted by Gasteiger charge is 2.38. The average Bonchev–Trinajstić information content (AvgIpc) is 3.20. The number of allylic oxidation sites excluding steroid dienone is 2. The lowest BCUT2D eigenvalue weighted by atomic mass is 9.83. The van der Waals surface area contributed by atoms with Gasteiger partial charge in [-0.3, -0.25) is 9.59 Å². The van der Waals surface area contributed by atoms with Crippen molar-refractivity contribution >= 4 is 77.9 Å². The molecule has 2 aliphatic heterocycles. The maximum absolute atomic E-state index is 14.7. The first-order chi connectivity index (χ1) is 26.8. The van der Waals surface area contributed by atoms with Crippen molar-refractivity contribution in [2.75, 3.05) is 9.80 Å². The predicted molar refractivity (Wildman–Crippen MR) is 229 cm³/mol. The monoisotopic (exact) mass is 712 g/mol. The topological polar surface area (TPSA) is 40.6 Å². The van der Waals surface area contributed by atoms with Crippen molar-refractivity contribution in [3.05, 3.63) is 179 Å². The Balaban J connectivity index is 1.13. The van der Waals surface area contributed by atoms with E-state index in [1.807, 2.05) is 30.3 Å².